The highest BCUT2D eigenvalue weighted by Crippen LogP contribution is 1.95. The second-order valence-electron chi connectivity index (χ2n) is 3.58. The lowest BCUT2D eigenvalue weighted by molar-refractivity contribution is -0.143. The first-order chi connectivity index (χ1) is 8.81. The molecule has 0 rings (SSSR count). The predicted molar refractivity (Wildman–Crippen MR) is 68.2 cm³/mol. The maximum absolute atomic E-state index is 11.7. The average molecular weight is 292 g/mol. The first kappa shape index (κ1) is 17.2. The zero-order valence-electron chi connectivity index (χ0n) is 9.96. The van der Waals surface area contributed by atoms with Crippen molar-refractivity contribution in [2.45, 2.75) is 18.5 Å². The summed E-state index contributed by atoms with van der Waals surface area (Å²) in [6.45, 7) is -0.318. The van der Waals surface area contributed by atoms with Gasteiger partial charge in [0.15, 0.2) is 0 Å². The second-order valence-corrected chi connectivity index (χ2v) is 3.94. The Kier molecular flexibility index (Phi) is 7.53. The molecule has 0 fully saturated rings. The van der Waals surface area contributed by atoms with Crippen molar-refractivity contribution in [1.82, 2.24) is 10.6 Å². The fourth-order valence-corrected chi connectivity index (χ4v) is 1.38. The van der Waals surface area contributed by atoms with Crippen LogP contribution in [0.5, 0.6) is 0 Å². The molecule has 108 valence electrons. The van der Waals surface area contributed by atoms with Gasteiger partial charge in [0, 0.05) is 5.75 Å². The lowest BCUT2D eigenvalue weighted by Crippen LogP contribution is -2.54. The summed E-state index contributed by atoms with van der Waals surface area (Å²) >= 11 is 3.86. The number of carbonyl (C=O) groups excluding carboxylic acids is 3. The number of aliphatic carboxylic acids is 1. The number of carboxylic acids is 1. The Bertz CT molecular complexity index is 376. The molecule has 0 saturated carbocycles. The van der Waals surface area contributed by atoms with Gasteiger partial charge in [0.25, 0.3) is 0 Å². The molecule has 0 aromatic rings. The largest absolute Gasteiger partial charge is 0.480 e. The number of carboxylic acid groups (broad SMARTS) is 1. The zero-order chi connectivity index (χ0) is 15.0. The van der Waals surface area contributed by atoms with Gasteiger partial charge in [-0.3, -0.25) is 14.4 Å². The first-order valence-electron chi connectivity index (χ1n) is 5.23. The van der Waals surface area contributed by atoms with E-state index in [-0.39, 0.29) is 12.3 Å². The van der Waals surface area contributed by atoms with E-state index in [0.29, 0.717) is 0 Å². The molecule has 0 unspecified atom stereocenters. The number of nitrogens with one attached hydrogen (secondary N) is 2. The molecule has 9 nitrogen and oxygen atoms in total. The van der Waals surface area contributed by atoms with Gasteiger partial charge in [0.05, 0.1) is 13.0 Å². The van der Waals surface area contributed by atoms with Crippen molar-refractivity contribution in [3.05, 3.63) is 0 Å². The van der Waals surface area contributed by atoms with E-state index in [1.54, 1.807) is 0 Å². The van der Waals surface area contributed by atoms with Crippen LogP contribution in [0, 0.1) is 0 Å². The van der Waals surface area contributed by atoms with Gasteiger partial charge in [-0.1, -0.05) is 0 Å². The number of rotatable bonds is 8. The summed E-state index contributed by atoms with van der Waals surface area (Å²) < 4.78 is 0. The Morgan fingerprint density at radius 3 is 2.11 bits per heavy atom. The Hall–Kier alpha value is -1.81. The van der Waals surface area contributed by atoms with Crippen LogP contribution in [0.3, 0.4) is 0 Å². The molecule has 0 aromatic heterocycles. The molecule has 0 aliphatic carbocycles. The van der Waals surface area contributed by atoms with Crippen LogP contribution in [0.25, 0.3) is 0 Å². The summed E-state index contributed by atoms with van der Waals surface area (Å²) in [5, 5.41) is 13.1. The van der Waals surface area contributed by atoms with Crippen molar-refractivity contribution in [3.8, 4) is 0 Å². The van der Waals surface area contributed by atoms with Crippen LogP contribution in [0.15, 0.2) is 0 Å². The SMILES string of the molecule is NCC(=O)N[C@@H](CS)C(=O)N[C@@H](CC(N)=O)C(=O)O. The van der Waals surface area contributed by atoms with Crippen LogP contribution in [0.4, 0.5) is 0 Å². The smallest absolute Gasteiger partial charge is 0.326 e. The van der Waals surface area contributed by atoms with Crippen LogP contribution >= 0.6 is 12.6 Å². The second kappa shape index (κ2) is 8.32. The molecule has 0 heterocycles. The Balaban J connectivity index is 4.63. The van der Waals surface area contributed by atoms with Crippen molar-refractivity contribution in [2.24, 2.45) is 11.5 Å². The van der Waals surface area contributed by atoms with Crippen LogP contribution in [0.2, 0.25) is 0 Å². The van der Waals surface area contributed by atoms with Gasteiger partial charge < -0.3 is 27.2 Å². The standard InChI is InChI=1S/C9H16N4O5S/c10-2-7(15)12-5(3-19)8(16)13-4(9(17)18)1-6(11)14/h4-5,19H,1-3,10H2,(H2,11,14)(H,12,15)(H,13,16)(H,17,18)/t4-,5-/m0/s1. The van der Waals surface area contributed by atoms with Crippen LogP contribution in [0.1, 0.15) is 6.42 Å². The lowest BCUT2D eigenvalue weighted by atomic mass is 10.2. The lowest BCUT2D eigenvalue weighted by Gasteiger charge is -2.19. The van der Waals surface area contributed by atoms with Crippen molar-refractivity contribution < 1.29 is 24.3 Å². The van der Waals surface area contributed by atoms with Gasteiger partial charge in [-0.05, 0) is 0 Å². The van der Waals surface area contributed by atoms with Crippen LogP contribution in [-0.2, 0) is 19.2 Å². The Morgan fingerprint density at radius 2 is 1.74 bits per heavy atom. The van der Waals surface area contributed by atoms with E-state index in [9.17, 15) is 19.2 Å². The minimum absolute atomic E-state index is 0.0551. The molecule has 0 saturated heterocycles. The third-order valence-electron chi connectivity index (χ3n) is 2.04. The van der Waals surface area contributed by atoms with E-state index in [2.05, 4.69) is 23.3 Å². The minimum atomic E-state index is -1.46. The topological polar surface area (TPSA) is 165 Å². The van der Waals surface area contributed by atoms with Crippen molar-refractivity contribution in [2.75, 3.05) is 12.3 Å². The highest BCUT2D eigenvalue weighted by Gasteiger charge is 2.26. The predicted octanol–water partition coefficient (Wildman–Crippen LogP) is -3.20. The minimum Gasteiger partial charge on any atom is -0.480 e. The average Bonchev–Trinajstić information content (AvgIpc) is 2.33. The number of primary amides is 1. The molecule has 19 heavy (non-hydrogen) atoms. The number of amides is 3. The fraction of sp³-hybridized carbons (Fsp3) is 0.556. The number of hydrogen-bond donors (Lipinski definition) is 6. The summed E-state index contributed by atoms with van der Waals surface area (Å²) in [7, 11) is 0. The Morgan fingerprint density at radius 1 is 1.16 bits per heavy atom. The third-order valence-corrected chi connectivity index (χ3v) is 2.40. The summed E-state index contributed by atoms with van der Waals surface area (Å²) in [6.07, 6.45) is -0.550. The molecular formula is C9H16N4O5S. The van der Waals surface area contributed by atoms with Crippen LogP contribution < -0.4 is 22.1 Å². The molecule has 0 radical (unpaired) electrons. The maximum atomic E-state index is 11.7. The number of hydrogen-bond acceptors (Lipinski definition) is 6. The van der Waals surface area contributed by atoms with Crippen LogP contribution in [-0.4, -0.2) is 53.2 Å². The number of thiol groups is 1. The van der Waals surface area contributed by atoms with Crippen molar-refractivity contribution in [1.29, 1.82) is 0 Å². The van der Waals surface area contributed by atoms with Crippen molar-refractivity contribution >= 4 is 36.3 Å². The monoisotopic (exact) mass is 292 g/mol. The maximum Gasteiger partial charge on any atom is 0.326 e. The van der Waals surface area contributed by atoms with Gasteiger partial charge in [-0.25, -0.2) is 4.79 Å². The summed E-state index contributed by atoms with van der Waals surface area (Å²) in [5.41, 5.74) is 9.93. The van der Waals surface area contributed by atoms with Gasteiger partial charge in [0.1, 0.15) is 12.1 Å². The van der Waals surface area contributed by atoms with E-state index >= 15 is 0 Å². The normalized spacial score (nSPS) is 13.2. The van der Waals surface area contributed by atoms with E-state index in [1.165, 1.54) is 0 Å². The molecule has 0 aliphatic heterocycles. The number of carbonyl (C=O) groups is 4. The first-order valence-corrected chi connectivity index (χ1v) is 5.86. The van der Waals surface area contributed by atoms with Gasteiger partial charge in [-0.15, -0.1) is 0 Å². The molecule has 7 N–H and O–H groups in total. The summed E-state index contributed by atoms with van der Waals surface area (Å²) in [6, 6.07) is -2.50. The highest BCUT2D eigenvalue weighted by atomic mass is 32.1. The number of nitrogens with two attached hydrogens (primary N) is 2. The van der Waals surface area contributed by atoms with Gasteiger partial charge >= 0.3 is 5.97 Å². The van der Waals surface area contributed by atoms with Gasteiger partial charge in [-0.2, -0.15) is 12.6 Å². The molecule has 0 bridgehead atoms. The van der Waals surface area contributed by atoms with E-state index in [4.69, 9.17) is 16.6 Å². The Labute approximate surface area is 114 Å². The molecule has 0 aromatic carbocycles. The summed E-state index contributed by atoms with van der Waals surface area (Å²) in [4.78, 5) is 44.2. The van der Waals surface area contributed by atoms with Crippen molar-refractivity contribution in [3.63, 3.8) is 0 Å². The molecule has 3 amide bonds. The highest BCUT2D eigenvalue weighted by molar-refractivity contribution is 7.80. The van der Waals surface area contributed by atoms with E-state index in [0.717, 1.165) is 0 Å². The molecule has 10 heteroatoms. The van der Waals surface area contributed by atoms with E-state index in [1.807, 2.05) is 0 Å². The quantitative estimate of drug-likeness (QED) is 0.258. The molecule has 2 atom stereocenters. The molecule has 0 spiro atoms. The zero-order valence-corrected chi connectivity index (χ0v) is 10.9. The molecule has 0 aliphatic rings. The third kappa shape index (κ3) is 6.62. The summed E-state index contributed by atoms with van der Waals surface area (Å²) in [5.74, 6) is -3.71. The van der Waals surface area contributed by atoms with Gasteiger partial charge in [0.2, 0.25) is 17.7 Å². The fourth-order valence-electron chi connectivity index (χ4n) is 1.12. The van der Waals surface area contributed by atoms with E-state index < -0.39 is 42.2 Å². The molecular weight excluding hydrogens is 276 g/mol.